The Kier molecular flexibility index (Phi) is 6.71. The Morgan fingerprint density at radius 3 is 2.29 bits per heavy atom. The number of likely N-dealkylation sites (N-methyl/N-ethyl adjacent to an activating group) is 1. The monoisotopic (exact) mass is 375 g/mol. The van der Waals surface area contributed by atoms with Crippen LogP contribution in [0.3, 0.4) is 0 Å². The summed E-state index contributed by atoms with van der Waals surface area (Å²) in [4.78, 5) is 10.0. The standard InChI is InChI=1S/C11H12Cl3NO5S/c1-15(2-3-20-6-10(16)17)21(18,19)11-8(13)4-7(12)5-9(11)14/h4-5H,2-3,6H2,1H3,(H,16,17). The van der Waals surface area contributed by atoms with Crippen LogP contribution in [0.2, 0.25) is 15.1 Å². The number of hydrogen-bond acceptors (Lipinski definition) is 4. The predicted octanol–water partition coefficient (Wildman–Crippen LogP) is 2.37. The largest absolute Gasteiger partial charge is 0.480 e. The Morgan fingerprint density at radius 1 is 1.29 bits per heavy atom. The first-order valence-electron chi connectivity index (χ1n) is 5.56. The lowest BCUT2D eigenvalue weighted by Crippen LogP contribution is -2.31. The second-order valence-corrected chi connectivity index (χ2v) is 7.20. The molecule has 0 heterocycles. The van der Waals surface area contributed by atoms with Crippen LogP contribution in [-0.2, 0) is 19.6 Å². The fourth-order valence-corrected chi connectivity index (χ4v) is 4.04. The van der Waals surface area contributed by atoms with Crippen LogP contribution in [0.4, 0.5) is 0 Å². The number of carbonyl (C=O) groups is 1. The van der Waals surface area contributed by atoms with Crippen LogP contribution < -0.4 is 0 Å². The van der Waals surface area contributed by atoms with E-state index in [1.54, 1.807) is 0 Å². The molecule has 0 aromatic heterocycles. The van der Waals surface area contributed by atoms with Crippen LogP contribution in [0.5, 0.6) is 0 Å². The molecule has 0 aliphatic heterocycles. The number of ether oxygens (including phenoxy) is 1. The van der Waals surface area contributed by atoms with Crippen molar-refractivity contribution in [1.82, 2.24) is 4.31 Å². The van der Waals surface area contributed by atoms with Gasteiger partial charge in [-0.1, -0.05) is 34.8 Å². The highest BCUT2D eigenvalue weighted by atomic mass is 35.5. The summed E-state index contributed by atoms with van der Waals surface area (Å²) < 4.78 is 30.5. The predicted molar refractivity (Wildman–Crippen MR) is 79.7 cm³/mol. The van der Waals surface area contributed by atoms with Crippen molar-refractivity contribution in [2.75, 3.05) is 26.8 Å². The first kappa shape index (κ1) is 18.5. The second kappa shape index (κ2) is 7.62. The lowest BCUT2D eigenvalue weighted by Gasteiger charge is -2.18. The Balaban J connectivity index is 2.88. The van der Waals surface area contributed by atoms with E-state index in [2.05, 4.69) is 0 Å². The summed E-state index contributed by atoms with van der Waals surface area (Å²) in [5, 5.41) is 8.45. The lowest BCUT2D eigenvalue weighted by atomic mass is 10.4. The summed E-state index contributed by atoms with van der Waals surface area (Å²) in [7, 11) is -2.63. The van der Waals surface area contributed by atoms with E-state index in [-0.39, 0.29) is 33.1 Å². The van der Waals surface area contributed by atoms with E-state index >= 15 is 0 Å². The van der Waals surface area contributed by atoms with Crippen LogP contribution in [0.1, 0.15) is 0 Å². The van der Waals surface area contributed by atoms with E-state index in [1.807, 2.05) is 0 Å². The number of aliphatic carboxylic acids is 1. The molecule has 0 aliphatic rings. The number of hydrogen-bond donors (Lipinski definition) is 1. The summed E-state index contributed by atoms with van der Waals surface area (Å²) in [6, 6.07) is 2.55. The van der Waals surface area contributed by atoms with Crippen molar-refractivity contribution in [1.29, 1.82) is 0 Å². The maximum atomic E-state index is 12.4. The summed E-state index contributed by atoms with van der Waals surface area (Å²) in [5.74, 6) is -1.13. The van der Waals surface area contributed by atoms with Gasteiger partial charge in [0, 0.05) is 18.6 Å². The molecule has 0 saturated carbocycles. The highest BCUT2D eigenvalue weighted by Gasteiger charge is 2.26. The highest BCUT2D eigenvalue weighted by Crippen LogP contribution is 2.34. The molecule has 1 N–H and O–H groups in total. The Morgan fingerprint density at radius 2 is 1.81 bits per heavy atom. The normalized spacial score (nSPS) is 11.9. The van der Waals surface area contributed by atoms with Crippen molar-refractivity contribution < 1.29 is 23.1 Å². The zero-order valence-electron chi connectivity index (χ0n) is 10.8. The third-order valence-electron chi connectivity index (χ3n) is 2.41. The summed E-state index contributed by atoms with van der Waals surface area (Å²) >= 11 is 17.5. The molecule has 1 aromatic rings. The topological polar surface area (TPSA) is 83.9 Å². The van der Waals surface area contributed by atoms with Gasteiger partial charge in [0.1, 0.15) is 11.5 Å². The van der Waals surface area contributed by atoms with Crippen molar-refractivity contribution in [3.8, 4) is 0 Å². The first-order chi connectivity index (χ1) is 9.66. The molecule has 0 atom stereocenters. The summed E-state index contributed by atoms with van der Waals surface area (Å²) in [6.45, 7) is -0.633. The van der Waals surface area contributed by atoms with E-state index in [1.165, 1.54) is 19.2 Å². The average Bonchev–Trinajstić information content (AvgIpc) is 2.32. The minimum absolute atomic E-state index is 0.0507. The van der Waals surface area contributed by atoms with Gasteiger partial charge in [0.25, 0.3) is 0 Å². The molecule has 0 aliphatic carbocycles. The number of rotatable bonds is 7. The average molecular weight is 377 g/mol. The molecule has 0 amide bonds. The molecule has 0 unspecified atom stereocenters. The molecule has 1 rings (SSSR count). The second-order valence-electron chi connectivity index (χ2n) is 3.97. The van der Waals surface area contributed by atoms with Crippen LogP contribution in [-0.4, -0.2) is 50.6 Å². The zero-order chi connectivity index (χ0) is 16.2. The van der Waals surface area contributed by atoms with Gasteiger partial charge >= 0.3 is 5.97 Å². The number of carboxylic acid groups (broad SMARTS) is 1. The maximum Gasteiger partial charge on any atom is 0.329 e. The number of halogens is 3. The van der Waals surface area contributed by atoms with Crippen LogP contribution in [0, 0.1) is 0 Å². The third-order valence-corrected chi connectivity index (χ3v) is 5.40. The van der Waals surface area contributed by atoms with Gasteiger partial charge in [-0.25, -0.2) is 13.2 Å². The van der Waals surface area contributed by atoms with E-state index in [0.717, 1.165) is 4.31 Å². The Hall–Kier alpha value is -0.570. The van der Waals surface area contributed by atoms with Crippen LogP contribution in [0.15, 0.2) is 17.0 Å². The van der Waals surface area contributed by atoms with E-state index in [0.29, 0.717) is 0 Å². The van der Waals surface area contributed by atoms with Crippen molar-refractivity contribution in [3.05, 3.63) is 27.2 Å². The fourth-order valence-electron chi connectivity index (χ4n) is 1.40. The van der Waals surface area contributed by atoms with Crippen molar-refractivity contribution in [2.45, 2.75) is 4.90 Å². The van der Waals surface area contributed by atoms with Gasteiger partial charge in [-0.15, -0.1) is 0 Å². The molecule has 21 heavy (non-hydrogen) atoms. The Bertz CT molecular complexity index is 612. The molecule has 0 saturated heterocycles. The molecule has 6 nitrogen and oxygen atoms in total. The Labute approximate surface area is 137 Å². The van der Waals surface area contributed by atoms with Crippen molar-refractivity contribution in [2.24, 2.45) is 0 Å². The third kappa shape index (κ3) is 4.98. The van der Waals surface area contributed by atoms with Gasteiger partial charge in [0.05, 0.1) is 16.7 Å². The smallest absolute Gasteiger partial charge is 0.329 e. The quantitative estimate of drug-likeness (QED) is 0.739. The van der Waals surface area contributed by atoms with E-state index in [4.69, 9.17) is 44.6 Å². The molecule has 118 valence electrons. The SMILES string of the molecule is CN(CCOCC(=O)O)S(=O)(=O)c1c(Cl)cc(Cl)cc1Cl. The summed E-state index contributed by atoms with van der Waals surface area (Å²) in [6.07, 6.45) is 0. The molecule has 0 spiro atoms. The van der Waals surface area contributed by atoms with E-state index in [9.17, 15) is 13.2 Å². The fraction of sp³-hybridized carbons (Fsp3) is 0.364. The molecular weight excluding hydrogens is 365 g/mol. The number of benzene rings is 1. The molecular formula is C11H12Cl3NO5S. The molecule has 10 heteroatoms. The van der Waals surface area contributed by atoms with Crippen LogP contribution >= 0.6 is 34.8 Å². The summed E-state index contributed by atoms with van der Waals surface area (Å²) in [5.41, 5.74) is 0. The maximum absolute atomic E-state index is 12.4. The van der Waals surface area contributed by atoms with Crippen molar-refractivity contribution in [3.63, 3.8) is 0 Å². The lowest BCUT2D eigenvalue weighted by molar-refractivity contribution is -0.142. The molecule has 0 fully saturated rings. The number of nitrogens with zero attached hydrogens (tertiary/aromatic N) is 1. The first-order valence-corrected chi connectivity index (χ1v) is 8.14. The molecule has 0 radical (unpaired) electrons. The van der Waals surface area contributed by atoms with Crippen LogP contribution in [0.25, 0.3) is 0 Å². The van der Waals surface area contributed by atoms with Gasteiger partial charge in [0.2, 0.25) is 10.0 Å². The van der Waals surface area contributed by atoms with Gasteiger partial charge in [-0.05, 0) is 12.1 Å². The van der Waals surface area contributed by atoms with E-state index < -0.39 is 22.6 Å². The minimum atomic E-state index is -3.93. The molecule has 1 aromatic carbocycles. The highest BCUT2D eigenvalue weighted by molar-refractivity contribution is 7.89. The van der Waals surface area contributed by atoms with Crippen molar-refractivity contribution >= 4 is 50.8 Å². The van der Waals surface area contributed by atoms with Gasteiger partial charge in [0.15, 0.2) is 0 Å². The van der Waals surface area contributed by atoms with Gasteiger partial charge < -0.3 is 9.84 Å². The van der Waals surface area contributed by atoms with Gasteiger partial charge in [-0.3, -0.25) is 0 Å². The zero-order valence-corrected chi connectivity index (χ0v) is 13.9. The number of carboxylic acids is 1. The van der Waals surface area contributed by atoms with Gasteiger partial charge in [-0.2, -0.15) is 4.31 Å². The number of sulfonamides is 1. The minimum Gasteiger partial charge on any atom is -0.480 e. The molecule has 0 bridgehead atoms.